The third-order valence-electron chi connectivity index (χ3n) is 7.15. The van der Waals surface area contributed by atoms with Gasteiger partial charge >= 0.3 is 6.09 Å². The molecule has 214 valence electrons. The van der Waals surface area contributed by atoms with Gasteiger partial charge in [-0.15, -0.1) is 5.10 Å². The number of likely N-dealkylation sites (tertiary alicyclic amines) is 1. The van der Waals surface area contributed by atoms with E-state index in [1.165, 1.54) is 0 Å². The zero-order valence-corrected chi connectivity index (χ0v) is 23.6. The molecule has 0 unspecified atom stereocenters. The molecule has 41 heavy (non-hydrogen) atoms. The van der Waals surface area contributed by atoms with Crippen molar-refractivity contribution in [2.75, 3.05) is 43.6 Å². The molecule has 6 rings (SSSR count). The van der Waals surface area contributed by atoms with Crippen LogP contribution in [-0.4, -0.2) is 86.8 Å². The molecule has 3 aromatic heterocycles. The van der Waals surface area contributed by atoms with Crippen molar-refractivity contribution in [3.63, 3.8) is 0 Å². The van der Waals surface area contributed by atoms with Crippen molar-refractivity contribution in [2.24, 2.45) is 0 Å². The number of rotatable bonds is 8. The summed E-state index contributed by atoms with van der Waals surface area (Å²) in [5, 5.41) is 9.11. The predicted octanol–water partition coefficient (Wildman–Crippen LogP) is 4.18. The maximum absolute atomic E-state index is 12.7. The van der Waals surface area contributed by atoms with Crippen molar-refractivity contribution in [2.45, 2.75) is 44.9 Å². The number of methoxy groups -OCH3 is 1. The summed E-state index contributed by atoms with van der Waals surface area (Å²) in [5.74, 6) is 2.81. The van der Waals surface area contributed by atoms with Gasteiger partial charge in [0, 0.05) is 56.3 Å². The Morgan fingerprint density at radius 2 is 1.93 bits per heavy atom. The molecule has 2 saturated heterocycles. The third-order valence-corrected chi connectivity index (χ3v) is 7.15. The number of carbonyl (C=O) groups excluding carboxylic acids is 1. The Morgan fingerprint density at radius 1 is 1.05 bits per heavy atom. The van der Waals surface area contributed by atoms with Crippen molar-refractivity contribution in [3.05, 3.63) is 55.1 Å². The van der Waals surface area contributed by atoms with Gasteiger partial charge in [-0.25, -0.2) is 19.4 Å². The summed E-state index contributed by atoms with van der Waals surface area (Å²) in [6.07, 6.45) is 7.35. The summed E-state index contributed by atoms with van der Waals surface area (Å²) >= 11 is 0. The van der Waals surface area contributed by atoms with Crippen LogP contribution < -0.4 is 15.0 Å². The molecule has 0 radical (unpaired) electrons. The normalized spacial score (nSPS) is 18.2. The summed E-state index contributed by atoms with van der Waals surface area (Å²) < 4.78 is 18.5. The van der Waals surface area contributed by atoms with Gasteiger partial charge in [0.1, 0.15) is 29.6 Å². The summed E-state index contributed by atoms with van der Waals surface area (Å²) in [7, 11) is 1.65. The van der Waals surface area contributed by atoms with Crippen LogP contribution in [0.25, 0.3) is 16.6 Å². The average molecular weight is 559 g/mol. The molecule has 1 aromatic carbocycles. The van der Waals surface area contributed by atoms with E-state index in [-0.39, 0.29) is 18.2 Å². The third kappa shape index (κ3) is 5.60. The number of hydrogen-bond acceptors (Lipinski definition) is 10. The van der Waals surface area contributed by atoms with Gasteiger partial charge < -0.3 is 29.3 Å². The van der Waals surface area contributed by atoms with E-state index in [1.807, 2.05) is 60.7 Å². The van der Waals surface area contributed by atoms with Gasteiger partial charge in [0.25, 0.3) is 0 Å². The van der Waals surface area contributed by atoms with Crippen LogP contribution in [0.15, 0.2) is 55.1 Å². The van der Waals surface area contributed by atoms with E-state index >= 15 is 0 Å². The summed E-state index contributed by atoms with van der Waals surface area (Å²) in [5.41, 5.74) is 1.20. The van der Waals surface area contributed by atoms with E-state index in [0.717, 1.165) is 34.6 Å². The van der Waals surface area contributed by atoms with Crippen molar-refractivity contribution in [1.82, 2.24) is 29.6 Å². The fourth-order valence-corrected chi connectivity index (χ4v) is 5.39. The number of pyridine rings is 1. The minimum absolute atomic E-state index is 0.0976. The van der Waals surface area contributed by atoms with Crippen LogP contribution in [0.2, 0.25) is 0 Å². The summed E-state index contributed by atoms with van der Waals surface area (Å²) in [6, 6.07) is 10.1. The molecule has 2 aliphatic rings. The number of ether oxygens (including phenoxy) is 3. The standard InChI is InChI=1S/C29H34N8O4/c1-29(2,3)41-28(38)36-18-20-13-21(36)17-35(20)26-14-19(7-8-32-26)37-24-15-22(40-12-11-39-4)5-6-23(24)27(34-37)33-25-16-30-9-10-31-25/h5-10,14-16,20-21H,11-13,17-18H2,1-4H3,(H,31,33,34)/t20-,21-/m0/s1. The Balaban J connectivity index is 1.29. The zero-order chi connectivity index (χ0) is 28.6. The van der Waals surface area contributed by atoms with Crippen LogP contribution in [0, 0.1) is 0 Å². The monoisotopic (exact) mass is 558 g/mol. The lowest BCUT2D eigenvalue weighted by Crippen LogP contribution is -2.50. The Hall–Kier alpha value is -4.45. The molecule has 4 aromatic rings. The molecule has 2 aliphatic heterocycles. The maximum atomic E-state index is 12.7. The molecule has 2 fully saturated rings. The van der Waals surface area contributed by atoms with Gasteiger partial charge in [0.15, 0.2) is 5.82 Å². The highest BCUT2D eigenvalue weighted by molar-refractivity contribution is 5.93. The maximum Gasteiger partial charge on any atom is 0.410 e. The number of nitrogens with one attached hydrogen (secondary N) is 1. The average Bonchev–Trinajstić information content (AvgIpc) is 3.66. The lowest BCUT2D eigenvalue weighted by atomic mass is 10.2. The second-order valence-corrected chi connectivity index (χ2v) is 11.2. The molecule has 12 heteroatoms. The minimum atomic E-state index is -0.517. The Morgan fingerprint density at radius 3 is 2.66 bits per heavy atom. The first kappa shape index (κ1) is 26.8. The van der Waals surface area contributed by atoms with E-state index in [0.29, 0.717) is 37.9 Å². The van der Waals surface area contributed by atoms with Gasteiger partial charge in [-0.1, -0.05) is 0 Å². The first-order valence-electron chi connectivity index (χ1n) is 13.7. The molecule has 12 nitrogen and oxygen atoms in total. The highest BCUT2D eigenvalue weighted by Crippen LogP contribution is 2.36. The number of benzene rings is 1. The van der Waals surface area contributed by atoms with Gasteiger partial charge in [0.05, 0.1) is 36.1 Å². The van der Waals surface area contributed by atoms with E-state index in [9.17, 15) is 4.79 Å². The van der Waals surface area contributed by atoms with E-state index in [1.54, 1.807) is 31.9 Å². The van der Waals surface area contributed by atoms with Crippen LogP contribution >= 0.6 is 0 Å². The van der Waals surface area contributed by atoms with Crippen LogP contribution in [-0.2, 0) is 9.47 Å². The number of piperazine rings is 1. The fraction of sp³-hybridized carbons (Fsp3) is 0.414. The lowest BCUT2D eigenvalue weighted by molar-refractivity contribution is 0.0214. The number of carbonyl (C=O) groups is 1. The number of anilines is 3. The van der Waals surface area contributed by atoms with Crippen molar-refractivity contribution in [3.8, 4) is 11.4 Å². The second kappa shape index (κ2) is 10.8. The smallest absolute Gasteiger partial charge is 0.410 e. The molecule has 0 saturated carbocycles. The van der Waals surface area contributed by atoms with Crippen molar-refractivity contribution < 1.29 is 19.0 Å². The fourth-order valence-electron chi connectivity index (χ4n) is 5.39. The largest absolute Gasteiger partial charge is 0.491 e. The number of nitrogens with zero attached hydrogens (tertiary/aromatic N) is 7. The Labute approximate surface area is 238 Å². The number of hydrogen-bond donors (Lipinski definition) is 1. The van der Waals surface area contributed by atoms with E-state index < -0.39 is 5.60 Å². The van der Waals surface area contributed by atoms with Crippen molar-refractivity contribution >= 4 is 34.4 Å². The quantitative estimate of drug-likeness (QED) is 0.316. The molecule has 0 aliphatic carbocycles. The number of amides is 1. The second-order valence-electron chi connectivity index (χ2n) is 11.2. The van der Waals surface area contributed by atoms with E-state index in [2.05, 4.69) is 20.2 Å². The first-order chi connectivity index (χ1) is 19.8. The van der Waals surface area contributed by atoms with Gasteiger partial charge in [-0.05, 0) is 45.4 Å². The number of aromatic nitrogens is 5. The van der Waals surface area contributed by atoms with Crippen molar-refractivity contribution in [1.29, 1.82) is 0 Å². The Kier molecular flexibility index (Phi) is 7.08. The number of fused-ring (bicyclic) bond motifs is 3. The van der Waals surface area contributed by atoms with E-state index in [4.69, 9.17) is 24.3 Å². The molecule has 1 amide bonds. The molecular formula is C29H34N8O4. The first-order valence-corrected chi connectivity index (χ1v) is 13.7. The molecule has 2 atom stereocenters. The Bertz CT molecular complexity index is 1540. The molecule has 0 spiro atoms. The SMILES string of the molecule is COCCOc1ccc2c(Nc3cnccn3)nn(-c3ccnc(N4C[C@@H]5C[C@H]4CN5C(=O)OC(C)(C)C)c3)c2c1. The zero-order valence-electron chi connectivity index (χ0n) is 23.6. The van der Waals surface area contributed by atoms with Gasteiger partial charge in [-0.2, -0.15) is 0 Å². The predicted molar refractivity (Wildman–Crippen MR) is 154 cm³/mol. The van der Waals surface area contributed by atoms with Crippen LogP contribution in [0.3, 0.4) is 0 Å². The molecule has 2 bridgehead atoms. The summed E-state index contributed by atoms with van der Waals surface area (Å²) in [4.78, 5) is 30.0. The minimum Gasteiger partial charge on any atom is -0.491 e. The molecule has 5 heterocycles. The molecule has 1 N–H and O–H groups in total. The highest BCUT2D eigenvalue weighted by Gasteiger charge is 2.47. The lowest BCUT2D eigenvalue weighted by Gasteiger charge is -2.35. The van der Waals surface area contributed by atoms with Crippen LogP contribution in [0.1, 0.15) is 27.2 Å². The van der Waals surface area contributed by atoms with Crippen LogP contribution in [0.4, 0.5) is 22.2 Å². The van der Waals surface area contributed by atoms with Crippen LogP contribution in [0.5, 0.6) is 5.75 Å². The topological polar surface area (TPSA) is 120 Å². The van der Waals surface area contributed by atoms with Gasteiger partial charge in [0.2, 0.25) is 0 Å². The molecular weight excluding hydrogens is 524 g/mol. The van der Waals surface area contributed by atoms with Gasteiger partial charge in [-0.3, -0.25) is 4.98 Å². The summed E-state index contributed by atoms with van der Waals surface area (Å²) in [6.45, 7) is 7.93. The highest BCUT2D eigenvalue weighted by atomic mass is 16.6.